The van der Waals surface area contributed by atoms with E-state index in [1.54, 1.807) is 6.92 Å². The van der Waals surface area contributed by atoms with E-state index in [1.165, 1.54) is 0 Å². The first-order valence-corrected chi connectivity index (χ1v) is 3.61. The van der Waals surface area contributed by atoms with Gasteiger partial charge in [0, 0.05) is 6.42 Å². The minimum absolute atomic E-state index is 0.0987. The van der Waals surface area contributed by atoms with Gasteiger partial charge >= 0.3 is 0 Å². The highest BCUT2D eigenvalue weighted by atomic mass is 16.3. The zero-order valence-corrected chi connectivity index (χ0v) is 6.47. The lowest BCUT2D eigenvalue weighted by Gasteiger charge is -2.16. The zero-order valence-electron chi connectivity index (χ0n) is 6.47. The molecule has 4 heteroatoms. The summed E-state index contributed by atoms with van der Waals surface area (Å²) in [6.07, 6.45) is -2.40. The molecule has 0 aromatic rings. The number of carbonyl (C=O) groups excluding carboxylic acids is 1. The Hall–Kier alpha value is -0.450. The molecule has 0 saturated carbocycles. The Morgan fingerprint density at radius 2 is 1.82 bits per heavy atom. The summed E-state index contributed by atoms with van der Waals surface area (Å²) in [4.78, 5) is 9.91. The van der Waals surface area contributed by atoms with Gasteiger partial charge in [0.2, 0.25) is 0 Å². The molecule has 0 aromatic carbocycles. The van der Waals surface area contributed by atoms with E-state index in [-0.39, 0.29) is 6.42 Å². The maximum atomic E-state index is 9.91. The van der Waals surface area contributed by atoms with E-state index in [0.717, 1.165) is 0 Å². The molecule has 0 spiro atoms. The number of rotatable bonds is 5. The van der Waals surface area contributed by atoms with Gasteiger partial charge in [-0.15, -0.1) is 0 Å². The Kier molecular flexibility index (Phi) is 5.02. The normalized spacial score (nSPS) is 18.9. The molecule has 0 aliphatic carbocycles. The van der Waals surface area contributed by atoms with Gasteiger partial charge in [0.25, 0.3) is 0 Å². The molecular weight excluding hydrogens is 148 g/mol. The van der Waals surface area contributed by atoms with Crippen molar-refractivity contribution in [3.05, 3.63) is 0 Å². The number of hydrogen-bond acceptors (Lipinski definition) is 4. The van der Waals surface area contributed by atoms with Crippen molar-refractivity contribution in [1.29, 1.82) is 0 Å². The molecular formula is C7H14O4. The molecule has 66 valence electrons. The van der Waals surface area contributed by atoms with E-state index in [4.69, 9.17) is 15.3 Å². The van der Waals surface area contributed by atoms with Crippen molar-refractivity contribution in [2.45, 2.75) is 38.1 Å². The second-order valence-corrected chi connectivity index (χ2v) is 2.48. The number of carbonyl (C=O) groups is 1. The minimum atomic E-state index is -1.17. The fourth-order valence-electron chi connectivity index (χ4n) is 0.732. The molecule has 11 heavy (non-hydrogen) atoms. The van der Waals surface area contributed by atoms with Gasteiger partial charge in [0.1, 0.15) is 12.4 Å². The summed E-state index contributed by atoms with van der Waals surface area (Å²) in [6.45, 7) is 1.71. The van der Waals surface area contributed by atoms with Gasteiger partial charge in [0.05, 0.1) is 12.2 Å². The SMILES string of the molecule is CCC(O)C(O)CC(O)C=O. The van der Waals surface area contributed by atoms with E-state index in [2.05, 4.69) is 0 Å². The lowest BCUT2D eigenvalue weighted by atomic mass is 10.1. The van der Waals surface area contributed by atoms with Gasteiger partial charge in [-0.2, -0.15) is 0 Å². The third-order valence-electron chi connectivity index (χ3n) is 1.50. The highest BCUT2D eigenvalue weighted by Crippen LogP contribution is 2.04. The third kappa shape index (κ3) is 4.08. The Bertz CT molecular complexity index is 115. The topological polar surface area (TPSA) is 77.8 Å². The summed E-state index contributed by atoms with van der Waals surface area (Å²) in [7, 11) is 0. The molecule has 0 aromatic heterocycles. The molecule has 0 saturated heterocycles. The number of hydrogen-bond donors (Lipinski definition) is 3. The molecule has 3 unspecified atom stereocenters. The van der Waals surface area contributed by atoms with Crippen molar-refractivity contribution < 1.29 is 20.1 Å². The molecule has 3 atom stereocenters. The smallest absolute Gasteiger partial charge is 0.148 e. The van der Waals surface area contributed by atoms with Crippen molar-refractivity contribution in [3.63, 3.8) is 0 Å². The van der Waals surface area contributed by atoms with Crippen molar-refractivity contribution in [2.75, 3.05) is 0 Å². The Labute approximate surface area is 65.5 Å². The maximum Gasteiger partial charge on any atom is 0.148 e. The van der Waals surface area contributed by atoms with Crippen molar-refractivity contribution in [1.82, 2.24) is 0 Å². The Morgan fingerprint density at radius 3 is 2.18 bits per heavy atom. The van der Waals surface area contributed by atoms with Crippen LogP contribution >= 0.6 is 0 Å². The fraction of sp³-hybridized carbons (Fsp3) is 0.857. The Balaban J connectivity index is 3.66. The second-order valence-electron chi connectivity index (χ2n) is 2.48. The molecule has 0 heterocycles. The molecule has 0 bridgehead atoms. The van der Waals surface area contributed by atoms with Crippen molar-refractivity contribution in [2.24, 2.45) is 0 Å². The predicted molar refractivity (Wildman–Crippen MR) is 39.0 cm³/mol. The number of aldehydes is 1. The van der Waals surface area contributed by atoms with Crippen LogP contribution in [0.2, 0.25) is 0 Å². The van der Waals surface area contributed by atoms with E-state index >= 15 is 0 Å². The van der Waals surface area contributed by atoms with E-state index in [9.17, 15) is 4.79 Å². The molecule has 3 N–H and O–H groups in total. The van der Waals surface area contributed by atoms with E-state index < -0.39 is 18.3 Å². The quantitative estimate of drug-likeness (QED) is 0.456. The summed E-state index contributed by atoms with van der Waals surface area (Å²) in [5.41, 5.74) is 0. The van der Waals surface area contributed by atoms with Gasteiger partial charge in [-0.25, -0.2) is 0 Å². The molecule has 4 nitrogen and oxygen atoms in total. The average molecular weight is 162 g/mol. The van der Waals surface area contributed by atoms with Crippen LogP contribution in [0.25, 0.3) is 0 Å². The first-order valence-electron chi connectivity index (χ1n) is 3.61. The minimum Gasteiger partial charge on any atom is -0.390 e. The summed E-state index contributed by atoms with van der Waals surface area (Å²) in [6, 6.07) is 0. The highest BCUT2D eigenvalue weighted by molar-refractivity contribution is 5.55. The predicted octanol–water partition coefficient (Wildman–Crippen LogP) is -0.932. The summed E-state index contributed by atoms with van der Waals surface area (Å²) in [5.74, 6) is 0. The van der Waals surface area contributed by atoms with E-state index in [1.807, 2.05) is 0 Å². The Morgan fingerprint density at radius 1 is 1.27 bits per heavy atom. The second kappa shape index (κ2) is 5.23. The van der Waals surface area contributed by atoms with Gasteiger partial charge in [-0.1, -0.05) is 6.92 Å². The average Bonchev–Trinajstić information content (AvgIpc) is 2.02. The van der Waals surface area contributed by atoms with Crippen LogP contribution < -0.4 is 0 Å². The van der Waals surface area contributed by atoms with E-state index in [0.29, 0.717) is 12.7 Å². The van der Waals surface area contributed by atoms with Crippen LogP contribution in [0.4, 0.5) is 0 Å². The lowest BCUT2D eigenvalue weighted by Crippen LogP contribution is -2.29. The van der Waals surface area contributed by atoms with Crippen LogP contribution in [0.1, 0.15) is 19.8 Å². The third-order valence-corrected chi connectivity index (χ3v) is 1.50. The van der Waals surface area contributed by atoms with Crippen molar-refractivity contribution >= 4 is 6.29 Å². The highest BCUT2D eigenvalue weighted by Gasteiger charge is 2.17. The molecule has 0 amide bonds. The van der Waals surface area contributed by atoms with Gasteiger partial charge in [-0.05, 0) is 6.42 Å². The van der Waals surface area contributed by atoms with Gasteiger partial charge in [-0.3, -0.25) is 0 Å². The van der Waals surface area contributed by atoms with Crippen molar-refractivity contribution in [3.8, 4) is 0 Å². The van der Waals surface area contributed by atoms with Crippen LogP contribution in [-0.2, 0) is 4.79 Å². The largest absolute Gasteiger partial charge is 0.390 e. The van der Waals surface area contributed by atoms with Crippen LogP contribution in [0.3, 0.4) is 0 Å². The first-order chi connectivity index (χ1) is 5.11. The molecule has 0 aliphatic heterocycles. The standard InChI is InChI=1S/C7H14O4/c1-2-6(10)7(11)3-5(9)4-8/h4-7,9-11H,2-3H2,1H3. The van der Waals surface area contributed by atoms with Gasteiger partial charge in [0.15, 0.2) is 0 Å². The lowest BCUT2D eigenvalue weighted by molar-refractivity contribution is -0.117. The van der Waals surface area contributed by atoms with Crippen LogP contribution in [-0.4, -0.2) is 39.9 Å². The number of aliphatic hydroxyl groups is 3. The maximum absolute atomic E-state index is 9.91. The summed E-state index contributed by atoms with van der Waals surface area (Å²) < 4.78 is 0. The first kappa shape index (κ1) is 10.6. The molecule has 0 fully saturated rings. The summed E-state index contributed by atoms with van der Waals surface area (Å²) >= 11 is 0. The van der Waals surface area contributed by atoms with Gasteiger partial charge < -0.3 is 20.1 Å². The van der Waals surface area contributed by atoms with Crippen LogP contribution in [0.15, 0.2) is 0 Å². The number of aliphatic hydroxyl groups excluding tert-OH is 3. The molecule has 0 rings (SSSR count). The molecule has 0 aliphatic rings. The molecule has 0 radical (unpaired) electrons. The zero-order chi connectivity index (χ0) is 8.85. The van der Waals surface area contributed by atoms with Crippen LogP contribution in [0.5, 0.6) is 0 Å². The monoisotopic (exact) mass is 162 g/mol. The fourth-order valence-corrected chi connectivity index (χ4v) is 0.732. The summed E-state index contributed by atoms with van der Waals surface area (Å²) in [5, 5.41) is 26.8. The van der Waals surface area contributed by atoms with Crippen LogP contribution in [0, 0.1) is 0 Å².